The Bertz CT molecular complexity index is 389. The van der Waals surface area contributed by atoms with E-state index in [2.05, 4.69) is 0 Å². The Kier molecular flexibility index (Phi) is 5.23. The van der Waals surface area contributed by atoms with E-state index in [4.69, 9.17) is 5.73 Å². The molecule has 1 atom stereocenters. The molecule has 0 bridgehead atoms. The maximum Gasteiger partial charge on any atom is 0.126 e. The number of hydrogen-bond acceptors (Lipinski definition) is 2. The summed E-state index contributed by atoms with van der Waals surface area (Å²) in [5, 5.41) is 9.55. The SMILES string of the molecule is CC(C)CC(CN)(CO)Cc1cc(F)ccc1F. The van der Waals surface area contributed by atoms with Crippen molar-refractivity contribution >= 4 is 0 Å². The molecule has 1 aromatic carbocycles. The molecule has 3 N–H and O–H groups in total. The van der Waals surface area contributed by atoms with E-state index >= 15 is 0 Å². The fourth-order valence-corrected chi connectivity index (χ4v) is 2.36. The van der Waals surface area contributed by atoms with E-state index in [0.29, 0.717) is 12.3 Å². The minimum Gasteiger partial charge on any atom is -0.396 e. The van der Waals surface area contributed by atoms with Crippen LogP contribution in [0, 0.1) is 23.0 Å². The molecule has 0 heterocycles. The van der Waals surface area contributed by atoms with Crippen molar-refractivity contribution in [3.8, 4) is 0 Å². The topological polar surface area (TPSA) is 46.2 Å². The monoisotopic (exact) mass is 257 g/mol. The average molecular weight is 257 g/mol. The average Bonchev–Trinajstić information content (AvgIpc) is 2.32. The molecule has 4 heteroatoms. The summed E-state index contributed by atoms with van der Waals surface area (Å²) >= 11 is 0. The van der Waals surface area contributed by atoms with Crippen LogP contribution in [0.15, 0.2) is 18.2 Å². The van der Waals surface area contributed by atoms with E-state index in [9.17, 15) is 13.9 Å². The molecule has 102 valence electrons. The minimum absolute atomic E-state index is 0.127. The Hall–Kier alpha value is -1.00. The van der Waals surface area contributed by atoms with E-state index in [-0.39, 0.29) is 25.1 Å². The summed E-state index contributed by atoms with van der Waals surface area (Å²) in [6.45, 7) is 4.15. The lowest BCUT2D eigenvalue weighted by atomic mass is 9.76. The summed E-state index contributed by atoms with van der Waals surface area (Å²) in [6, 6.07) is 3.37. The van der Waals surface area contributed by atoms with E-state index < -0.39 is 17.0 Å². The number of halogens is 2. The molecule has 0 aromatic heterocycles. The van der Waals surface area contributed by atoms with E-state index in [1.807, 2.05) is 13.8 Å². The molecule has 18 heavy (non-hydrogen) atoms. The van der Waals surface area contributed by atoms with Crippen LogP contribution in [0.25, 0.3) is 0 Å². The molecular formula is C14H21F2NO. The van der Waals surface area contributed by atoms with Gasteiger partial charge < -0.3 is 10.8 Å². The molecule has 1 aromatic rings. The second kappa shape index (κ2) is 6.25. The highest BCUT2D eigenvalue weighted by Gasteiger charge is 2.30. The van der Waals surface area contributed by atoms with Gasteiger partial charge in [-0.3, -0.25) is 0 Å². The van der Waals surface area contributed by atoms with E-state index in [1.165, 1.54) is 6.07 Å². The quantitative estimate of drug-likeness (QED) is 0.822. The molecule has 0 saturated heterocycles. The predicted molar refractivity (Wildman–Crippen MR) is 68.1 cm³/mol. The van der Waals surface area contributed by atoms with Crippen LogP contribution in [0.1, 0.15) is 25.8 Å². The van der Waals surface area contributed by atoms with Crippen molar-refractivity contribution in [2.45, 2.75) is 26.7 Å². The van der Waals surface area contributed by atoms with Crippen LogP contribution < -0.4 is 5.73 Å². The van der Waals surface area contributed by atoms with Crippen LogP contribution in [0.4, 0.5) is 8.78 Å². The largest absolute Gasteiger partial charge is 0.396 e. The van der Waals surface area contributed by atoms with Crippen LogP contribution >= 0.6 is 0 Å². The second-order valence-electron chi connectivity index (χ2n) is 5.37. The molecular weight excluding hydrogens is 236 g/mol. The molecule has 0 aliphatic rings. The summed E-state index contributed by atoms with van der Waals surface area (Å²) in [7, 11) is 0. The summed E-state index contributed by atoms with van der Waals surface area (Å²) < 4.78 is 26.8. The predicted octanol–water partition coefficient (Wildman–Crippen LogP) is 2.49. The summed E-state index contributed by atoms with van der Waals surface area (Å²) in [4.78, 5) is 0. The highest BCUT2D eigenvalue weighted by Crippen LogP contribution is 2.30. The van der Waals surface area contributed by atoms with Crippen LogP contribution in [0.5, 0.6) is 0 Å². The van der Waals surface area contributed by atoms with Crippen molar-refractivity contribution in [1.29, 1.82) is 0 Å². The van der Waals surface area contributed by atoms with Gasteiger partial charge in [0, 0.05) is 12.0 Å². The Balaban J connectivity index is 2.98. The van der Waals surface area contributed by atoms with Crippen molar-refractivity contribution in [2.24, 2.45) is 17.1 Å². The van der Waals surface area contributed by atoms with Gasteiger partial charge in [0.2, 0.25) is 0 Å². The number of aliphatic hydroxyl groups is 1. The van der Waals surface area contributed by atoms with Gasteiger partial charge in [0.15, 0.2) is 0 Å². The molecule has 1 unspecified atom stereocenters. The lowest BCUT2D eigenvalue weighted by Crippen LogP contribution is -2.38. The fraction of sp³-hybridized carbons (Fsp3) is 0.571. The van der Waals surface area contributed by atoms with Crippen molar-refractivity contribution in [2.75, 3.05) is 13.2 Å². The first-order valence-corrected chi connectivity index (χ1v) is 6.17. The molecule has 0 aliphatic carbocycles. The second-order valence-corrected chi connectivity index (χ2v) is 5.37. The van der Waals surface area contributed by atoms with Crippen molar-refractivity contribution in [3.05, 3.63) is 35.4 Å². The smallest absolute Gasteiger partial charge is 0.126 e. The van der Waals surface area contributed by atoms with E-state index in [0.717, 1.165) is 12.1 Å². The molecule has 0 radical (unpaired) electrons. The first kappa shape index (κ1) is 15.1. The van der Waals surface area contributed by atoms with Crippen LogP contribution in [-0.2, 0) is 6.42 Å². The van der Waals surface area contributed by atoms with Gasteiger partial charge in [-0.25, -0.2) is 8.78 Å². The zero-order valence-corrected chi connectivity index (χ0v) is 10.9. The number of benzene rings is 1. The number of aliphatic hydroxyl groups excluding tert-OH is 1. The van der Waals surface area contributed by atoms with Gasteiger partial charge in [0.05, 0.1) is 6.61 Å². The molecule has 2 nitrogen and oxygen atoms in total. The van der Waals surface area contributed by atoms with Gasteiger partial charge in [-0.1, -0.05) is 13.8 Å². The number of nitrogens with two attached hydrogens (primary N) is 1. The van der Waals surface area contributed by atoms with Crippen LogP contribution in [-0.4, -0.2) is 18.3 Å². The Labute approximate surface area is 107 Å². The molecule has 0 amide bonds. The van der Waals surface area contributed by atoms with Gasteiger partial charge in [-0.15, -0.1) is 0 Å². The number of hydrogen-bond donors (Lipinski definition) is 2. The molecule has 0 saturated carbocycles. The molecule has 0 aliphatic heterocycles. The van der Waals surface area contributed by atoms with Gasteiger partial charge in [-0.2, -0.15) is 0 Å². The van der Waals surface area contributed by atoms with Gasteiger partial charge in [0.25, 0.3) is 0 Å². The lowest BCUT2D eigenvalue weighted by Gasteiger charge is -2.32. The number of rotatable bonds is 6. The van der Waals surface area contributed by atoms with Crippen LogP contribution in [0.2, 0.25) is 0 Å². The first-order chi connectivity index (χ1) is 8.42. The summed E-state index contributed by atoms with van der Waals surface area (Å²) in [6.07, 6.45) is 0.928. The Morgan fingerprint density at radius 1 is 1.33 bits per heavy atom. The summed E-state index contributed by atoms with van der Waals surface area (Å²) in [5.41, 5.74) is 5.42. The fourth-order valence-electron chi connectivity index (χ4n) is 2.36. The van der Waals surface area contributed by atoms with Gasteiger partial charge in [-0.05, 0) is 42.5 Å². The first-order valence-electron chi connectivity index (χ1n) is 6.17. The van der Waals surface area contributed by atoms with E-state index in [1.54, 1.807) is 0 Å². The molecule has 1 rings (SSSR count). The third-order valence-electron chi connectivity index (χ3n) is 3.18. The van der Waals surface area contributed by atoms with Gasteiger partial charge in [0.1, 0.15) is 11.6 Å². The Morgan fingerprint density at radius 2 is 2.00 bits per heavy atom. The van der Waals surface area contributed by atoms with Gasteiger partial charge >= 0.3 is 0 Å². The van der Waals surface area contributed by atoms with Crippen LogP contribution in [0.3, 0.4) is 0 Å². The molecule has 0 spiro atoms. The molecule has 0 fully saturated rings. The third kappa shape index (κ3) is 3.75. The maximum absolute atomic E-state index is 13.6. The third-order valence-corrected chi connectivity index (χ3v) is 3.18. The highest BCUT2D eigenvalue weighted by atomic mass is 19.1. The minimum atomic E-state index is -0.581. The van der Waals surface area contributed by atoms with Crippen molar-refractivity contribution in [1.82, 2.24) is 0 Å². The Morgan fingerprint density at radius 3 is 2.50 bits per heavy atom. The normalized spacial score (nSPS) is 14.8. The zero-order chi connectivity index (χ0) is 13.8. The van der Waals surface area contributed by atoms with Crippen molar-refractivity contribution in [3.63, 3.8) is 0 Å². The highest BCUT2D eigenvalue weighted by molar-refractivity contribution is 5.20. The standard InChI is InChI=1S/C14H21F2NO/c1-10(2)6-14(8-17,9-18)7-11-5-12(15)3-4-13(11)16/h3-5,10,18H,6-9,17H2,1-2H3. The van der Waals surface area contributed by atoms with Crippen molar-refractivity contribution < 1.29 is 13.9 Å². The zero-order valence-electron chi connectivity index (χ0n) is 10.9. The summed E-state index contributed by atoms with van der Waals surface area (Å²) in [5.74, 6) is -0.594. The maximum atomic E-state index is 13.6. The lowest BCUT2D eigenvalue weighted by molar-refractivity contribution is 0.107.